The minimum atomic E-state index is -0.0453. The highest BCUT2D eigenvalue weighted by Crippen LogP contribution is 2.26. The number of amides is 1. The molecule has 22 heavy (non-hydrogen) atoms. The number of carbonyl (C=O) groups excluding carboxylic acids is 1. The quantitative estimate of drug-likeness (QED) is 0.754. The Kier molecular flexibility index (Phi) is 6.21. The average molecular weight is 320 g/mol. The molecular weight excluding hydrogens is 300 g/mol. The monoisotopic (exact) mass is 320 g/mol. The molecule has 0 atom stereocenters. The topological polar surface area (TPSA) is 60.5 Å². The standard InChI is InChI=1S/C16H20N2O3S/c1-3-20-13-7-4-5-8-14(13)21-10-6-9-15(19)18-16-17-12(2)11-22-16/h4-5,7-8,11H,3,6,9-10H2,1-2H3,(H,17,18,19). The molecule has 0 fully saturated rings. The van der Waals surface area contributed by atoms with Crippen molar-refractivity contribution in [3.63, 3.8) is 0 Å². The van der Waals surface area contributed by atoms with Gasteiger partial charge in [0, 0.05) is 11.8 Å². The van der Waals surface area contributed by atoms with Gasteiger partial charge in [-0.3, -0.25) is 4.79 Å². The number of anilines is 1. The Balaban J connectivity index is 1.71. The third-order valence-corrected chi connectivity index (χ3v) is 3.70. The number of hydrogen-bond acceptors (Lipinski definition) is 5. The van der Waals surface area contributed by atoms with E-state index in [0.29, 0.717) is 36.9 Å². The number of aromatic nitrogens is 1. The summed E-state index contributed by atoms with van der Waals surface area (Å²) in [6.07, 6.45) is 1.03. The summed E-state index contributed by atoms with van der Waals surface area (Å²) in [6, 6.07) is 7.54. The van der Waals surface area contributed by atoms with Gasteiger partial charge in [-0.1, -0.05) is 12.1 Å². The van der Waals surface area contributed by atoms with Gasteiger partial charge in [-0.25, -0.2) is 4.98 Å². The lowest BCUT2D eigenvalue weighted by Crippen LogP contribution is -2.12. The molecule has 0 aliphatic rings. The predicted molar refractivity (Wildman–Crippen MR) is 87.8 cm³/mol. The molecule has 0 unspecified atom stereocenters. The van der Waals surface area contributed by atoms with E-state index >= 15 is 0 Å². The van der Waals surface area contributed by atoms with Crippen LogP contribution in [0.15, 0.2) is 29.6 Å². The second-order valence-electron chi connectivity index (χ2n) is 4.67. The number of nitrogens with zero attached hydrogens (tertiary/aromatic N) is 1. The lowest BCUT2D eigenvalue weighted by molar-refractivity contribution is -0.116. The molecular formula is C16H20N2O3S. The van der Waals surface area contributed by atoms with Crippen molar-refractivity contribution in [3.8, 4) is 11.5 Å². The summed E-state index contributed by atoms with van der Waals surface area (Å²) in [7, 11) is 0. The summed E-state index contributed by atoms with van der Waals surface area (Å²) >= 11 is 1.43. The molecule has 0 saturated heterocycles. The zero-order valence-corrected chi connectivity index (χ0v) is 13.6. The van der Waals surface area contributed by atoms with Crippen LogP contribution in [0.1, 0.15) is 25.5 Å². The van der Waals surface area contributed by atoms with Crippen molar-refractivity contribution >= 4 is 22.4 Å². The van der Waals surface area contributed by atoms with E-state index in [-0.39, 0.29) is 5.91 Å². The van der Waals surface area contributed by atoms with Crippen molar-refractivity contribution in [3.05, 3.63) is 35.3 Å². The molecule has 118 valence electrons. The van der Waals surface area contributed by atoms with Crippen molar-refractivity contribution in [1.82, 2.24) is 4.98 Å². The Morgan fingerprint density at radius 1 is 1.27 bits per heavy atom. The largest absolute Gasteiger partial charge is 0.490 e. The van der Waals surface area contributed by atoms with Crippen LogP contribution in [0.2, 0.25) is 0 Å². The van der Waals surface area contributed by atoms with E-state index in [4.69, 9.17) is 9.47 Å². The van der Waals surface area contributed by atoms with Gasteiger partial charge in [-0.15, -0.1) is 11.3 Å². The third-order valence-electron chi connectivity index (χ3n) is 2.82. The Hall–Kier alpha value is -2.08. The van der Waals surface area contributed by atoms with Crippen LogP contribution in [0, 0.1) is 6.92 Å². The van der Waals surface area contributed by atoms with Crippen molar-refractivity contribution in [2.45, 2.75) is 26.7 Å². The van der Waals surface area contributed by atoms with E-state index in [1.807, 2.05) is 43.5 Å². The Morgan fingerprint density at radius 3 is 2.64 bits per heavy atom. The van der Waals surface area contributed by atoms with Crippen LogP contribution in [0.4, 0.5) is 5.13 Å². The molecule has 0 aliphatic heterocycles. The Labute approximate surface area is 134 Å². The van der Waals surface area contributed by atoms with E-state index in [9.17, 15) is 4.79 Å². The summed E-state index contributed by atoms with van der Waals surface area (Å²) in [6.45, 7) is 4.89. The number of benzene rings is 1. The van der Waals surface area contributed by atoms with E-state index in [2.05, 4.69) is 10.3 Å². The summed E-state index contributed by atoms with van der Waals surface area (Å²) in [5, 5.41) is 5.33. The highest BCUT2D eigenvalue weighted by Gasteiger charge is 2.07. The number of para-hydroxylation sites is 2. The van der Waals surface area contributed by atoms with E-state index in [0.717, 1.165) is 11.4 Å². The number of rotatable bonds is 8. The second-order valence-corrected chi connectivity index (χ2v) is 5.53. The average Bonchev–Trinajstić information content (AvgIpc) is 2.90. The molecule has 5 nitrogen and oxygen atoms in total. The van der Waals surface area contributed by atoms with Gasteiger partial charge < -0.3 is 14.8 Å². The highest BCUT2D eigenvalue weighted by atomic mass is 32.1. The number of thiazole rings is 1. The van der Waals surface area contributed by atoms with E-state index in [1.54, 1.807) is 0 Å². The second kappa shape index (κ2) is 8.38. The number of carbonyl (C=O) groups is 1. The number of hydrogen-bond donors (Lipinski definition) is 1. The van der Waals surface area contributed by atoms with Crippen LogP contribution >= 0.6 is 11.3 Å². The molecule has 0 aliphatic carbocycles. The fraction of sp³-hybridized carbons (Fsp3) is 0.375. The molecule has 1 aromatic heterocycles. The van der Waals surface area contributed by atoms with Crippen LogP contribution in [0.3, 0.4) is 0 Å². The van der Waals surface area contributed by atoms with Gasteiger partial charge in [0.05, 0.1) is 18.9 Å². The fourth-order valence-electron chi connectivity index (χ4n) is 1.85. The van der Waals surface area contributed by atoms with Crippen LogP contribution in [-0.4, -0.2) is 24.1 Å². The molecule has 0 radical (unpaired) electrons. The van der Waals surface area contributed by atoms with E-state index < -0.39 is 0 Å². The van der Waals surface area contributed by atoms with Crippen LogP contribution in [0.5, 0.6) is 11.5 Å². The third kappa shape index (κ3) is 5.04. The van der Waals surface area contributed by atoms with Gasteiger partial charge in [0.1, 0.15) is 0 Å². The molecule has 0 saturated carbocycles. The first kappa shape index (κ1) is 16.3. The molecule has 1 N–H and O–H groups in total. The lowest BCUT2D eigenvalue weighted by atomic mass is 10.3. The van der Waals surface area contributed by atoms with Crippen molar-refractivity contribution in [2.75, 3.05) is 18.5 Å². The minimum absolute atomic E-state index is 0.0453. The van der Waals surface area contributed by atoms with Gasteiger partial charge >= 0.3 is 0 Å². The summed E-state index contributed by atoms with van der Waals surface area (Å²) in [4.78, 5) is 16.0. The fourth-order valence-corrected chi connectivity index (χ4v) is 2.56. The van der Waals surface area contributed by atoms with Gasteiger partial charge in [0.2, 0.25) is 5.91 Å². The maximum Gasteiger partial charge on any atom is 0.226 e. The summed E-state index contributed by atoms with van der Waals surface area (Å²) < 4.78 is 11.2. The minimum Gasteiger partial charge on any atom is -0.490 e. The van der Waals surface area contributed by atoms with Gasteiger partial charge in [-0.2, -0.15) is 0 Å². The van der Waals surface area contributed by atoms with Crippen molar-refractivity contribution in [2.24, 2.45) is 0 Å². The first-order valence-corrected chi connectivity index (χ1v) is 8.13. The van der Waals surface area contributed by atoms with Crippen molar-refractivity contribution < 1.29 is 14.3 Å². The van der Waals surface area contributed by atoms with Gasteiger partial charge in [0.25, 0.3) is 0 Å². The summed E-state index contributed by atoms with van der Waals surface area (Å²) in [5.41, 5.74) is 0.913. The SMILES string of the molecule is CCOc1ccccc1OCCCC(=O)Nc1nc(C)cs1. The zero-order chi connectivity index (χ0) is 15.8. The summed E-state index contributed by atoms with van der Waals surface area (Å²) in [5.74, 6) is 1.39. The van der Waals surface area contributed by atoms with E-state index in [1.165, 1.54) is 11.3 Å². The number of aryl methyl sites for hydroxylation is 1. The molecule has 1 heterocycles. The predicted octanol–water partition coefficient (Wildman–Crippen LogP) is 3.65. The number of nitrogens with one attached hydrogen (secondary N) is 1. The molecule has 1 amide bonds. The van der Waals surface area contributed by atoms with Crippen molar-refractivity contribution in [1.29, 1.82) is 0 Å². The van der Waals surface area contributed by atoms with Gasteiger partial charge in [0.15, 0.2) is 16.6 Å². The number of ether oxygens (including phenoxy) is 2. The zero-order valence-electron chi connectivity index (χ0n) is 12.8. The smallest absolute Gasteiger partial charge is 0.226 e. The molecule has 0 bridgehead atoms. The lowest BCUT2D eigenvalue weighted by Gasteiger charge is -2.11. The Morgan fingerprint density at radius 2 is 2.00 bits per heavy atom. The van der Waals surface area contributed by atoms with Crippen LogP contribution in [-0.2, 0) is 4.79 Å². The highest BCUT2D eigenvalue weighted by molar-refractivity contribution is 7.13. The molecule has 2 rings (SSSR count). The normalized spacial score (nSPS) is 10.3. The molecule has 2 aromatic rings. The first-order valence-electron chi connectivity index (χ1n) is 7.25. The van der Waals surface area contributed by atoms with Gasteiger partial charge in [-0.05, 0) is 32.4 Å². The van der Waals surface area contributed by atoms with Crippen LogP contribution < -0.4 is 14.8 Å². The molecule has 1 aromatic carbocycles. The molecule has 6 heteroatoms. The first-order chi connectivity index (χ1) is 10.7. The maximum absolute atomic E-state index is 11.8. The molecule has 0 spiro atoms. The maximum atomic E-state index is 11.8. The van der Waals surface area contributed by atoms with Crippen LogP contribution in [0.25, 0.3) is 0 Å². The Bertz CT molecular complexity index is 613.